The first-order chi connectivity index (χ1) is 7.54. The molecule has 0 atom stereocenters. The Hall–Kier alpha value is -1.20. The molecule has 16 heavy (non-hydrogen) atoms. The lowest BCUT2D eigenvalue weighted by Crippen LogP contribution is -2.09. The molecule has 0 spiro atoms. The summed E-state index contributed by atoms with van der Waals surface area (Å²) < 4.78 is 27.4. The summed E-state index contributed by atoms with van der Waals surface area (Å²) in [5.41, 5.74) is 0.513. The molecule has 0 unspecified atom stereocenters. The van der Waals surface area contributed by atoms with E-state index >= 15 is 0 Å². The van der Waals surface area contributed by atoms with Crippen molar-refractivity contribution in [1.29, 1.82) is 0 Å². The third-order valence-corrected chi connectivity index (χ3v) is 1.69. The van der Waals surface area contributed by atoms with Crippen molar-refractivity contribution in [2.75, 3.05) is 20.8 Å². The van der Waals surface area contributed by atoms with Crippen LogP contribution in [0.15, 0.2) is 23.6 Å². The fourth-order valence-electron chi connectivity index (χ4n) is 0.954. The van der Waals surface area contributed by atoms with Gasteiger partial charge in [0.15, 0.2) is 6.29 Å². The van der Waals surface area contributed by atoms with E-state index in [1.807, 2.05) is 0 Å². The van der Waals surface area contributed by atoms with Crippen molar-refractivity contribution in [3.05, 3.63) is 23.6 Å². The summed E-state index contributed by atoms with van der Waals surface area (Å²) in [6.07, 6.45) is 2.05. The van der Waals surface area contributed by atoms with Crippen LogP contribution in [0.3, 0.4) is 0 Å². The highest BCUT2D eigenvalue weighted by atomic mass is 19.1. The van der Waals surface area contributed by atoms with Crippen molar-refractivity contribution in [2.24, 2.45) is 0 Å². The molecular weight excluding hydrogens is 215 g/mol. The largest absolute Gasteiger partial charge is 0.461 e. The van der Waals surface area contributed by atoms with E-state index in [0.717, 1.165) is 6.08 Å². The second-order valence-corrected chi connectivity index (χ2v) is 2.96. The predicted molar refractivity (Wildman–Crippen MR) is 57.4 cm³/mol. The van der Waals surface area contributed by atoms with Crippen LogP contribution in [0.2, 0.25) is 0 Å². The van der Waals surface area contributed by atoms with Crippen molar-refractivity contribution < 1.29 is 23.4 Å². The lowest BCUT2D eigenvalue weighted by molar-refractivity contribution is -0.140. The fraction of sp³-hybridized carbons (Fsp3) is 0.545. The van der Waals surface area contributed by atoms with E-state index in [4.69, 9.17) is 9.47 Å². The summed E-state index contributed by atoms with van der Waals surface area (Å²) in [5, 5.41) is 0. The Balaban J connectivity index is 4.55. The Bertz CT molecular complexity index is 280. The molecule has 0 aromatic heterocycles. The Morgan fingerprint density at radius 3 is 2.38 bits per heavy atom. The number of rotatable bonds is 6. The number of halogens is 1. The van der Waals surface area contributed by atoms with Crippen LogP contribution >= 0.6 is 0 Å². The van der Waals surface area contributed by atoms with E-state index in [1.54, 1.807) is 19.9 Å². The third kappa shape index (κ3) is 5.63. The van der Waals surface area contributed by atoms with Gasteiger partial charge >= 0.3 is 5.97 Å². The highest BCUT2D eigenvalue weighted by Gasteiger charge is 2.09. The molecule has 0 bridgehead atoms. The number of methoxy groups -OCH3 is 2. The van der Waals surface area contributed by atoms with E-state index in [0.29, 0.717) is 5.57 Å². The summed E-state index contributed by atoms with van der Waals surface area (Å²) in [5.74, 6) is -1.91. The monoisotopic (exact) mass is 232 g/mol. The molecule has 92 valence electrons. The third-order valence-electron chi connectivity index (χ3n) is 1.69. The van der Waals surface area contributed by atoms with E-state index in [1.165, 1.54) is 14.2 Å². The summed E-state index contributed by atoms with van der Waals surface area (Å²) in [6.45, 7) is 3.38. The van der Waals surface area contributed by atoms with E-state index in [-0.39, 0.29) is 6.61 Å². The molecule has 0 amide bonds. The average Bonchev–Trinajstić information content (AvgIpc) is 2.26. The highest BCUT2D eigenvalue weighted by molar-refractivity contribution is 5.86. The topological polar surface area (TPSA) is 44.8 Å². The standard InChI is InChI=1S/C11H17FO4/c1-5-16-11(13)9(12)6-8(2)7-10(14-3)15-4/h6-7,10H,5H2,1-4H3/b8-7+,9-6-. The number of ether oxygens (including phenoxy) is 3. The quantitative estimate of drug-likeness (QED) is 0.304. The van der Waals surface area contributed by atoms with Gasteiger partial charge in [0.25, 0.3) is 0 Å². The van der Waals surface area contributed by atoms with Crippen LogP contribution in [0.25, 0.3) is 0 Å². The molecule has 0 aliphatic rings. The van der Waals surface area contributed by atoms with Crippen molar-refractivity contribution in [1.82, 2.24) is 0 Å². The van der Waals surface area contributed by atoms with Crippen LogP contribution in [-0.4, -0.2) is 33.1 Å². The lowest BCUT2D eigenvalue weighted by atomic mass is 10.2. The Morgan fingerprint density at radius 1 is 1.38 bits per heavy atom. The zero-order valence-corrected chi connectivity index (χ0v) is 9.95. The van der Waals surface area contributed by atoms with Crippen molar-refractivity contribution in [2.45, 2.75) is 20.1 Å². The van der Waals surface area contributed by atoms with Crippen molar-refractivity contribution in [3.8, 4) is 0 Å². The minimum absolute atomic E-state index is 0.140. The maximum atomic E-state index is 13.2. The highest BCUT2D eigenvalue weighted by Crippen LogP contribution is 2.08. The van der Waals surface area contributed by atoms with Gasteiger partial charge in [0.05, 0.1) is 6.61 Å². The van der Waals surface area contributed by atoms with E-state index < -0.39 is 18.1 Å². The van der Waals surface area contributed by atoms with Crippen molar-refractivity contribution >= 4 is 5.97 Å². The number of carbonyl (C=O) groups excluding carboxylic acids is 1. The van der Waals surface area contributed by atoms with Crippen LogP contribution in [-0.2, 0) is 19.0 Å². The van der Waals surface area contributed by atoms with E-state index in [9.17, 15) is 9.18 Å². The second-order valence-electron chi connectivity index (χ2n) is 2.96. The molecule has 0 saturated carbocycles. The smallest absolute Gasteiger partial charge is 0.367 e. The number of allylic oxidation sites excluding steroid dienone is 2. The molecule has 0 fully saturated rings. The molecule has 0 heterocycles. The summed E-state index contributed by atoms with van der Waals surface area (Å²) in [4.78, 5) is 10.9. The maximum absolute atomic E-state index is 13.2. The Labute approximate surface area is 94.7 Å². The van der Waals surface area contributed by atoms with Gasteiger partial charge in [-0.2, -0.15) is 4.39 Å². The molecule has 0 N–H and O–H groups in total. The van der Waals surface area contributed by atoms with Crippen molar-refractivity contribution in [3.63, 3.8) is 0 Å². The zero-order valence-electron chi connectivity index (χ0n) is 9.95. The maximum Gasteiger partial charge on any atom is 0.367 e. The van der Waals surface area contributed by atoms with Gasteiger partial charge in [0, 0.05) is 14.2 Å². The van der Waals surface area contributed by atoms with Gasteiger partial charge in [0.2, 0.25) is 5.83 Å². The molecule has 0 radical (unpaired) electrons. The molecule has 0 rings (SSSR count). The molecular formula is C11H17FO4. The average molecular weight is 232 g/mol. The van der Waals surface area contributed by atoms with Gasteiger partial charge in [-0.05, 0) is 31.6 Å². The number of hydrogen-bond donors (Lipinski definition) is 0. The van der Waals surface area contributed by atoms with Crippen LogP contribution in [0.1, 0.15) is 13.8 Å². The summed E-state index contributed by atoms with van der Waals surface area (Å²) in [7, 11) is 2.92. The van der Waals surface area contributed by atoms with Crippen LogP contribution < -0.4 is 0 Å². The minimum atomic E-state index is -0.971. The molecule has 0 aliphatic heterocycles. The molecule has 4 nitrogen and oxygen atoms in total. The molecule has 0 aliphatic carbocycles. The first kappa shape index (κ1) is 14.8. The molecule has 5 heteroatoms. The van der Waals surface area contributed by atoms with E-state index in [2.05, 4.69) is 4.74 Å². The first-order valence-corrected chi connectivity index (χ1v) is 4.83. The number of carbonyl (C=O) groups is 1. The van der Waals surface area contributed by atoms with Gasteiger partial charge in [-0.3, -0.25) is 0 Å². The van der Waals surface area contributed by atoms with Crippen LogP contribution in [0.4, 0.5) is 4.39 Å². The molecule has 0 aromatic carbocycles. The van der Waals surface area contributed by atoms with Gasteiger partial charge in [-0.15, -0.1) is 0 Å². The number of hydrogen-bond acceptors (Lipinski definition) is 4. The number of esters is 1. The normalized spacial score (nSPS) is 13.1. The van der Waals surface area contributed by atoms with Gasteiger partial charge in [0.1, 0.15) is 0 Å². The predicted octanol–water partition coefficient (Wildman–Crippen LogP) is 1.97. The molecule has 0 saturated heterocycles. The fourth-order valence-corrected chi connectivity index (χ4v) is 0.954. The van der Waals surface area contributed by atoms with Crippen LogP contribution in [0.5, 0.6) is 0 Å². The van der Waals surface area contributed by atoms with Gasteiger partial charge in [-0.1, -0.05) is 0 Å². The Kier molecular flexibility index (Phi) is 7.41. The van der Waals surface area contributed by atoms with Gasteiger partial charge in [-0.25, -0.2) is 4.79 Å². The zero-order chi connectivity index (χ0) is 12.6. The summed E-state index contributed by atoms with van der Waals surface area (Å²) >= 11 is 0. The Morgan fingerprint density at radius 2 is 1.94 bits per heavy atom. The lowest BCUT2D eigenvalue weighted by Gasteiger charge is -2.08. The van der Waals surface area contributed by atoms with Crippen LogP contribution in [0, 0.1) is 0 Å². The SMILES string of the molecule is CCOC(=O)/C(F)=C/C(C)=C/C(OC)OC. The second kappa shape index (κ2) is 8.01. The minimum Gasteiger partial charge on any atom is -0.461 e. The first-order valence-electron chi connectivity index (χ1n) is 4.83. The van der Waals surface area contributed by atoms with Gasteiger partial charge < -0.3 is 14.2 Å². The molecule has 0 aromatic rings. The summed E-state index contributed by atoms with van der Waals surface area (Å²) in [6, 6.07) is 0.